The van der Waals surface area contributed by atoms with E-state index >= 15 is 0 Å². The van der Waals surface area contributed by atoms with Crippen molar-refractivity contribution < 1.29 is 24.2 Å². The summed E-state index contributed by atoms with van der Waals surface area (Å²) >= 11 is 0. The Morgan fingerprint density at radius 1 is 1.33 bits per heavy atom. The SMILES string of the molecule is O=C(O)CC1C(=O)NCCN1C(=O)OCc1ccccc1. The predicted octanol–water partition coefficient (Wildman–Crippen LogP) is 0.598. The molecule has 1 aromatic rings. The van der Waals surface area contributed by atoms with Crippen LogP contribution in [0.5, 0.6) is 0 Å². The number of nitrogens with zero attached hydrogens (tertiary/aromatic N) is 1. The molecule has 1 unspecified atom stereocenters. The van der Waals surface area contributed by atoms with Crippen LogP contribution >= 0.6 is 0 Å². The van der Waals surface area contributed by atoms with Crippen molar-refractivity contribution >= 4 is 18.0 Å². The van der Waals surface area contributed by atoms with Gasteiger partial charge < -0.3 is 15.2 Å². The Morgan fingerprint density at radius 2 is 2.05 bits per heavy atom. The number of ether oxygens (including phenoxy) is 1. The monoisotopic (exact) mass is 292 g/mol. The highest BCUT2D eigenvalue weighted by atomic mass is 16.6. The molecule has 0 aliphatic carbocycles. The maximum absolute atomic E-state index is 12.0. The summed E-state index contributed by atoms with van der Waals surface area (Å²) in [5.74, 6) is -1.61. The van der Waals surface area contributed by atoms with Gasteiger partial charge in [0.1, 0.15) is 12.6 Å². The van der Waals surface area contributed by atoms with Gasteiger partial charge in [-0.05, 0) is 5.56 Å². The van der Waals surface area contributed by atoms with E-state index in [4.69, 9.17) is 9.84 Å². The number of aliphatic carboxylic acids is 1. The molecule has 1 heterocycles. The zero-order valence-corrected chi connectivity index (χ0v) is 11.3. The van der Waals surface area contributed by atoms with E-state index in [9.17, 15) is 14.4 Å². The van der Waals surface area contributed by atoms with Gasteiger partial charge in [0.25, 0.3) is 0 Å². The number of carbonyl (C=O) groups is 3. The minimum absolute atomic E-state index is 0.0809. The van der Waals surface area contributed by atoms with Crippen LogP contribution < -0.4 is 5.32 Å². The number of nitrogens with one attached hydrogen (secondary N) is 1. The van der Waals surface area contributed by atoms with Crippen LogP contribution in [-0.2, 0) is 20.9 Å². The van der Waals surface area contributed by atoms with Gasteiger partial charge in [-0.15, -0.1) is 0 Å². The highest BCUT2D eigenvalue weighted by Crippen LogP contribution is 2.12. The molecule has 21 heavy (non-hydrogen) atoms. The van der Waals surface area contributed by atoms with Gasteiger partial charge >= 0.3 is 12.1 Å². The Morgan fingerprint density at radius 3 is 2.71 bits per heavy atom. The molecule has 0 aromatic heterocycles. The van der Waals surface area contributed by atoms with Crippen molar-refractivity contribution in [1.82, 2.24) is 10.2 Å². The molecule has 2 N–H and O–H groups in total. The largest absolute Gasteiger partial charge is 0.481 e. The van der Waals surface area contributed by atoms with Gasteiger partial charge in [-0.1, -0.05) is 30.3 Å². The van der Waals surface area contributed by atoms with Gasteiger partial charge in [-0.2, -0.15) is 0 Å². The van der Waals surface area contributed by atoms with Gasteiger partial charge in [0.05, 0.1) is 6.42 Å². The number of hydrogen-bond donors (Lipinski definition) is 2. The fraction of sp³-hybridized carbons (Fsp3) is 0.357. The number of hydrogen-bond acceptors (Lipinski definition) is 4. The van der Waals surface area contributed by atoms with Crippen molar-refractivity contribution in [3.8, 4) is 0 Å². The Balaban J connectivity index is 1.98. The first-order valence-electron chi connectivity index (χ1n) is 6.55. The van der Waals surface area contributed by atoms with E-state index in [0.29, 0.717) is 0 Å². The van der Waals surface area contributed by atoms with Crippen LogP contribution in [-0.4, -0.2) is 47.1 Å². The average molecular weight is 292 g/mol. The van der Waals surface area contributed by atoms with Crippen LogP contribution in [0, 0.1) is 0 Å². The molecule has 1 fully saturated rings. The summed E-state index contributed by atoms with van der Waals surface area (Å²) < 4.78 is 5.14. The first-order valence-corrected chi connectivity index (χ1v) is 6.55. The van der Waals surface area contributed by atoms with Crippen molar-refractivity contribution in [3.63, 3.8) is 0 Å². The second kappa shape index (κ2) is 6.74. The summed E-state index contributed by atoms with van der Waals surface area (Å²) in [6, 6.07) is 8.09. The average Bonchev–Trinajstić information content (AvgIpc) is 2.47. The molecule has 1 aliphatic rings. The Hall–Kier alpha value is -2.57. The molecule has 1 aliphatic heterocycles. The van der Waals surface area contributed by atoms with Crippen molar-refractivity contribution in [2.75, 3.05) is 13.1 Å². The summed E-state index contributed by atoms with van der Waals surface area (Å²) in [5, 5.41) is 11.4. The number of carbonyl (C=O) groups excluding carboxylic acids is 2. The molecular formula is C14H16N2O5. The van der Waals surface area contributed by atoms with Crippen LogP contribution in [0.25, 0.3) is 0 Å². The smallest absolute Gasteiger partial charge is 0.410 e. The van der Waals surface area contributed by atoms with Crippen LogP contribution in [0.15, 0.2) is 30.3 Å². The summed E-state index contributed by atoms with van der Waals surface area (Å²) in [4.78, 5) is 35.7. The maximum atomic E-state index is 12.0. The number of rotatable bonds is 4. The summed E-state index contributed by atoms with van der Waals surface area (Å²) in [7, 11) is 0. The van der Waals surface area contributed by atoms with Gasteiger partial charge in [-0.25, -0.2) is 4.79 Å². The van der Waals surface area contributed by atoms with E-state index in [2.05, 4.69) is 5.32 Å². The molecule has 112 valence electrons. The molecular weight excluding hydrogens is 276 g/mol. The number of carboxylic acids is 1. The lowest BCUT2D eigenvalue weighted by molar-refractivity contribution is -0.142. The van der Waals surface area contributed by atoms with Crippen molar-refractivity contribution in [1.29, 1.82) is 0 Å². The molecule has 1 atom stereocenters. The summed E-state index contributed by atoms with van der Waals surface area (Å²) in [6.07, 6.45) is -1.12. The quantitative estimate of drug-likeness (QED) is 0.847. The summed E-state index contributed by atoms with van der Waals surface area (Å²) in [5.41, 5.74) is 0.821. The second-order valence-corrected chi connectivity index (χ2v) is 4.64. The van der Waals surface area contributed by atoms with E-state index in [1.54, 1.807) is 0 Å². The van der Waals surface area contributed by atoms with Crippen LogP contribution in [0.4, 0.5) is 4.79 Å². The van der Waals surface area contributed by atoms with Crippen molar-refractivity contribution in [2.45, 2.75) is 19.1 Å². The minimum Gasteiger partial charge on any atom is -0.481 e. The van der Waals surface area contributed by atoms with Crippen molar-refractivity contribution in [3.05, 3.63) is 35.9 Å². The minimum atomic E-state index is -1.14. The molecule has 0 spiro atoms. The van der Waals surface area contributed by atoms with Crippen LogP contribution in [0.2, 0.25) is 0 Å². The molecule has 2 amide bonds. The Kier molecular flexibility index (Phi) is 4.76. The molecule has 1 aromatic carbocycles. The van der Waals surface area contributed by atoms with E-state index in [1.165, 1.54) is 0 Å². The van der Waals surface area contributed by atoms with E-state index in [1.807, 2.05) is 30.3 Å². The number of piperazine rings is 1. The molecule has 0 radical (unpaired) electrons. The van der Waals surface area contributed by atoms with E-state index < -0.39 is 30.4 Å². The lowest BCUT2D eigenvalue weighted by Gasteiger charge is -2.33. The molecule has 1 saturated heterocycles. The normalized spacial score (nSPS) is 18.0. The first-order chi connectivity index (χ1) is 10.1. The molecule has 0 saturated carbocycles. The fourth-order valence-electron chi connectivity index (χ4n) is 2.10. The van der Waals surface area contributed by atoms with Crippen LogP contribution in [0.3, 0.4) is 0 Å². The molecule has 0 bridgehead atoms. The Labute approximate surface area is 121 Å². The van der Waals surface area contributed by atoms with Crippen LogP contribution in [0.1, 0.15) is 12.0 Å². The molecule has 7 heteroatoms. The number of amides is 2. The van der Waals surface area contributed by atoms with Gasteiger partial charge in [0.15, 0.2) is 0 Å². The second-order valence-electron chi connectivity index (χ2n) is 4.64. The standard InChI is InChI=1S/C14H16N2O5/c17-12(18)8-11-13(19)15-6-7-16(11)14(20)21-9-10-4-2-1-3-5-10/h1-5,11H,6-9H2,(H,15,19)(H,17,18). The fourth-order valence-corrected chi connectivity index (χ4v) is 2.10. The zero-order chi connectivity index (χ0) is 15.2. The van der Waals surface area contributed by atoms with Gasteiger partial charge in [0, 0.05) is 13.1 Å². The van der Waals surface area contributed by atoms with E-state index in [0.717, 1.165) is 10.5 Å². The topological polar surface area (TPSA) is 95.9 Å². The zero-order valence-electron chi connectivity index (χ0n) is 11.3. The summed E-state index contributed by atoms with van der Waals surface area (Å²) in [6.45, 7) is 0.601. The highest BCUT2D eigenvalue weighted by Gasteiger charge is 2.35. The lowest BCUT2D eigenvalue weighted by atomic mass is 10.1. The third-order valence-corrected chi connectivity index (χ3v) is 3.14. The third kappa shape index (κ3) is 3.95. The first kappa shape index (κ1) is 14.8. The third-order valence-electron chi connectivity index (χ3n) is 3.14. The molecule has 7 nitrogen and oxygen atoms in total. The van der Waals surface area contributed by atoms with Gasteiger partial charge in [0.2, 0.25) is 5.91 Å². The maximum Gasteiger partial charge on any atom is 0.410 e. The van der Waals surface area contributed by atoms with E-state index in [-0.39, 0.29) is 19.7 Å². The predicted molar refractivity (Wildman–Crippen MR) is 72.4 cm³/mol. The lowest BCUT2D eigenvalue weighted by Crippen LogP contribution is -2.57. The number of carboxylic acid groups (broad SMARTS) is 1. The highest BCUT2D eigenvalue weighted by molar-refractivity contribution is 5.90. The number of benzene rings is 1. The van der Waals surface area contributed by atoms with Crippen molar-refractivity contribution in [2.24, 2.45) is 0 Å². The van der Waals surface area contributed by atoms with Gasteiger partial charge in [-0.3, -0.25) is 14.5 Å². The Bertz CT molecular complexity index is 531. The molecule has 2 rings (SSSR count).